The highest BCUT2D eigenvalue weighted by molar-refractivity contribution is 7.89. The summed E-state index contributed by atoms with van der Waals surface area (Å²) in [5, 5.41) is 31.4. The Balaban J connectivity index is 1.48. The Bertz CT molecular complexity index is 1190. The number of piperidine rings is 1. The summed E-state index contributed by atoms with van der Waals surface area (Å²) in [4.78, 5) is 24.8. The third-order valence-corrected chi connectivity index (χ3v) is 8.53. The fourth-order valence-corrected chi connectivity index (χ4v) is 6.04. The highest BCUT2D eigenvalue weighted by Gasteiger charge is 2.33. The van der Waals surface area contributed by atoms with E-state index in [4.69, 9.17) is 0 Å². The van der Waals surface area contributed by atoms with Crippen molar-refractivity contribution in [3.8, 4) is 0 Å². The van der Waals surface area contributed by atoms with Crippen molar-refractivity contribution in [3.63, 3.8) is 0 Å². The van der Waals surface area contributed by atoms with Crippen molar-refractivity contribution in [1.29, 1.82) is 0 Å². The van der Waals surface area contributed by atoms with Crippen molar-refractivity contribution in [1.82, 2.24) is 14.5 Å². The van der Waals surface area contributed by atoms with Crippen LogP contribution in [0.4, 0.5) is 23.0 Å². The molecule has 0 aliphatic carbocycles. The van der Waals surface area contributed by atoms with Gasteiger partial charge in [0.15, 0.2) is 11.6 Å². The van der Waals surface area contributed by atoms with Crippen molar-refractivity contribution in [2.24, 2.45) is 0 Å². The number of nitro benzene ring substituents is 2. The molecule has 0 amide bonds. The number of hydrogen-bond donors (Lipinski definition) is 0. The van der Waals surface area contributed by atoms with Gasteiger partial charge in [0, 0.05) is 50.9 Å². The third-order valence-electron chi connectivity index (χ3n) is 6.65. The zero-order valence-electron chi connectivity index (χ0n) is 19.5. The van der Waals surface area contributed by atoms with Gasteiger partial charge in [0.25, 0.3) is 11.4 Å². The molecule has 2 fully saturated rings. The molecule has 1 unspecified atom stereocenters. The lowest BCUT2D eigenvalue weighted by Crippen LogP contribution is -2.49. The van der Waals surface area contributed by atoms with Crippen molar-refractivity contribution < 1.29 is 18.3 Å². The second-order valence-electron chi connectivity index (χ2n) is 8.78. The summed E-state index contributed by atoms with van der Waals surface area (Å²) in [6.07, 6.45) is 3.45. The van der Waals surface area contributed by atoms with Gasteiger partial charge in [-0.2, -0.15) is 4.31 Å². The molecular formula is C21H27N7O6S. The van der Waals surface area contributed by atoms with Crippen LogP contribution in [0.15, 0.2) is 29.2 Å². The predicted molar refractivity (Wildman–Crippen MR) is 128 cm³/mol. The highest BCUT2D eigenvalue weighted by atomic mass is 32.2. The molecule has 1 aromatic heterocycles. The van der Waals surface area contributed by atoms with Gasteiger partial charge < -0.3 is 9.80 Å². The molecule has 1 atom stereocenters. The van der Waals surface area contributed by atoms with Gasteiger partial charge in [-0.25, -0.2) is 8.42 Å². The van der Waals surface area contributed by atoms with Crippen molar-refractivity contribution in [2.75, 3.05) is 42.5 Å². The predicted octanol–water partition coefficient (Wildman–Crippen LogP) is 2.49. The number of aromatic nitrogens is 2. The Morgan fingerprint density at radius 2 is 1.49 bits per heavy atom. The van der Waals surface area contributed by atoms with E-state index in [0.717, 1.165) is 37.3 Å². The van der Waals surface area contributed by atoms with Crippen LogP contribution in [0.2, 0.25) is 0 Å². The first kappa shape index (κ1) is 24.7. The molecule has 0 N–H and O–H groups in total. The second-order valence-corrected chi connectivity index (χ2v) is 10.7. The molecule has 14 heteroatoms. The van der Waals surface area contributed by atoms with E-state index in [-0.39, 0.29) is 18.7 Å². The summed E-state index contributed by atoms with van der Waals surface area (Å²) in [5.74, 6) is 1.46. The van der Waals surface area contributed by atoms with Crippen LogP contribution in [-0.4, -0.2) is 71.5 Å². The molecule has 2 aliphatic rings. The molecule has 35 heavy (non-hydrogen) atoms. The molecule has 0 spiro atoms. The molecule has 2 saturated heterocycles. The molecule has 0 radical (unpaired) electrons. The van der Waals surface area contributed by atoms with Gasteiger partial charge >= 0.3 is 0 Å². The van der Waals surface area contributed by atoms with Gasteiger partial charge in [0.2, 0.25) is 10.0 Å². The van der Waals surface area contributed by atoms with E-state index in [1.54, 1.807) is 0 Å². The van der Waals surface area contributed by atoms with E-state index in [1.807, 2.05) is 17.0 Å². The van der Waals surface area contributed by atoms with E-state index < -0.39 is 36.1 Å². The minimum atomic E-state index is -4.17. The zero-order chi connectivity index (χ0) is 25.3. The van der Waals surface area contributed by atoms with Crippen LogP contribution in [0.5, 0.6) is 0 Å². The molecular weight excluding hydrogens is 478 g/mol. The van der Waals surface area contributed by atoms with Gasteiger partial charge in [0.05, 0.1) is 14.7 Å². The fourth-order valence-electron chi connectivity index (χ4n) is 4.57. The Hall–Kier alpha value is -3.39. The number of nitrogens with zero attached hydrogens (tertiary/aromatic N) is 7. The van der Waals surface area contributed by atoms with Gasteiger partial charge in [-0.1, -0.05) is 0 Å². The molecule has 2 aromatic rings. The van der Waals surface area contributed by atoms with Gasteiger partial charge in [-0.15, -0.1) is 10.2 Å². The molecule has 188 valence electrons. The lowest BCUT2D eigenvalue weighted by Gasteiger charge is -2.35. The number of benzene rings is 1. The first-order valence-corrected chi connectivity index (χ1v) is 12.8. The lowest BCUT2D eigenvalue weighted by atomic mass is 10.0. The molecule has 3 heterocycles. The van der Waals surface area contributed by atoms with E-state index in [1.165, 1.54) is 17.6 Å². The number of nitro groups is 2. The zero-order valence-corrected chi connectivity index (χ0v) is 20.3. The molecule has 1 aromatic carbocycles. The topological polar surface area (TPSA) is 156 Å². The van der Waals surface area contributed by atoms with E-state index in [9.17, 15) is 28.6 Å². The maximum atomic E-state index is 13.2. The molecule has 0 saturated carbocycles. The van der Waals surface area contributed by atoms with Gasteiger partial charge in [-0.3, -0.25) is 20.2 Å². The number of piperazine rings is 1. The normalized spacial score (nSPS) is 19.5. The quantitative estimate of drug-likeness (QED) is 0.422. The van der Waals surface area contributed by atoms with Gasteiger partial charge in [-0.05, 0) is 45.2 Å². The Kier molecular flexibility index (Phi) is 6.85. The average molecular weight is 506 g/mol. The summed E-state index contributed by atoms with van der Waals surface area (Å²) in [5.41, 5.74) is -1.39. The van der Waals surface area contributed by atoms with Crippen molar-refractivity contribution in [2.45, 2.75) is 44.0 Å². The van der Waals surface area contributed by atoms with E-state index in [2.05, 4.69) is 22.0 Å². The summed E-state index contributed by atoms with van der Waals surface area (Å²) < 4.78 is 27.5. The van der Waals surface area contributed by atoms with Crippen LogP contribution in [0.3, 0.4) is 0 Å². The van der Waals surface area contributed by atoms with Crippen LogP contribution in [-0.2, 0) is 10.0 Å². The number of sulfonamides is 1. The molecule has 0 bridgehead atoms. The maximum absolute atomic E-state index is 13.2. The largest absolute Gasteiger partial charge is 0.352 e. The van der Waals surface area contributed by atoms with E-state index in [0.29, 0.717) is 24.9 Å². The van der Waals surface area contributed by atoms with Crippen LogP contribution < -0.4 is 9.80 Å². The summed E-state index contributed by atoms with van der Waals surface area (Å²) in [6, 6.07) is 5.98. The van der Waals surface area contributed by atoms with Crippen molar-refractivity contribution >= 4 is 33.0 Å². The molecule has 4 rings (SSSR count). The average Bonchev–Trinajstić information content (AvgIpc) is 2.84. The first-order valence-electron chi connectivity index (χ1n) is 11.4. The number of rotatable bonds is 6. The maximum Gasteiger partial charge on any atom is 0.280 e. The Morgan fingerprint density at radius 3 is 2.00 bits per heavy atom. The smallest absolute Gasteiger partial charge is 0.280 e. The summed E-state index contributed by atoms with van der Waals surface area (Å²) >= 11 is 0. The summed E-state index contributed by atoms with van der Waals surface area (Å²) in [6.45, 7) is 5.22. The van der Waals surface area contributed by atoms with Crippen LogP contribution in [0.1, 0.15) is 31.7 Å². The number of hydrogen-bond acceptors (Lipinski definition) is 10. The monoisotopic (exact) mass is 505 g/mol. The highest BCUT2D eigenvalue weighted by Crippen LogP contribution is 2.33. The Morgan fingerprint density at radius 1 is 0.914 bits per heavy atom. The first-order chi connectivity index (χ1) is 16.6. The standard InChI is InChI=1S/C21H27N7O6S/c1-15-5-3-4-8-26(15)21-7-6-20(22-23-21)24-9-11-25(12-10-24)35(33,34)17-13-18(27(29)30)16(2)19(14-17)28(31)32/h6-7,13-15H,3-5,8-12H2,1-2H3. The van der Waals surface area contributed by atoms with Crippen LogP contribution >= 0.6 is 0 Å². The SMILES string of the molecule is Cc1c([N+](=O)[O-])cc(S(=O)(=O)N2CCN(c3ccc(N4CCCCC4C)nn3)CC2)cc1[N+](=O)[O-]. The van der Waals surface area contributed by atoms with E-state index >= 15 is 0 Å². The molecule has 13 nitrogen and oxygen atoms in total. The van der Waals surface area contributed by atoms with Gasteiger partial charge in [0.1, 0.15) is 5.56 Å². The minimum absolute atomic E-state index is 0.102. The molecule has 2 aliphatic heterocycles. The second kappa shape index (κ2) is 9.70. The minimum Gasteiger partial charge on any atom is -0.352 e. The van der Waals surface area contributed by atoms with Crippen LogP contribution in [0, 0.1) is 27.2 Å². The van der Waals surface area contributed by atoms with Crippen molar-refractivity contribution in [3.05, 3.63) is 50.1 Å². The fraction of sp³-hybridized carbons (Fsp3) is 0.524. The Labute approximate surface area is 202 Å². The lowest BCUT2D eigenvalue weighted by molar-refractivity contribution is -0.395. The third kappa shape index (κ3) is 4.89. The van der Waals surface area contributed by atoms with Crippen LogP contribution in [0.25, 0.3) is 0 Å². The summed E-state index contributed by atoms with van der Waals surface area (Å²) in [7, 11) is -4.17. The number of anilines is 2.